The van der Waals surface area contributed by atoms with Gasteiger partial charge in [0.2, 0.25) is 0 Å². The second kappa shape index (κ2) is 7.96. The number of carbonyl (C=O) groups excluding carboxylic acids is 1. The van der Waals surface area contributed by atoms with Crippen molar-refractivity contribution in [1.29, 1.82) is 0 Å². The second-order valence-electron chi connectivity index (χ2n) is 6.58. The van der Waals surface area contributed by atoms with Gasteiger partial charge in [-0.25, -0.2) is 4.98 Å². The third-order valence-electron chi connectivity index (χ3n) is 4.84. The van der Waals surface area contributed by atoms with Crippen molar-refractivity contribution in [3.63, 3.8) is 0 Å². The van der Waals surface area contributed by atoms with Gasteiger partial charge in [-0.3, -0.25) is 4.79 Å². The van der Waals surface area contributed by atoms with E-state index in [1.54, 1.807) is 18.4 Å². The summed E-state index contributed by atoms with van der Waals surface area (Å²) in [6.45, 7) is 0.791. The summed E-state index contributed by atoms with van der Waals surface area (Å²) in [5.74, 6) is 1.44. The maximum Gasteiger partial charge on any atom is 0.261 e. The van der Waals surface area contributed by atoms with Crippen molar-refractivity contribution in [2.75, 3.05) is 20.3 Å². The summed E-state index contributed by atoms with van der Waals surface area (Å²) in [7, 11) is 1.62. The van der Waals surface area contributed by atoms with Crippen LogP contribution in [0.1, 0.15) is 30.3 Å². The standard InChI is InChI=1S/C21H22N2O3S/c1-25-15-9-11-16(12-10-15)26-14-20(24)23-13-5-4-7-18(23)21-22-17-6-2-3-8-19(17)27-21/h2-3,6,8-12,18H,4-5,7,13-14H2,1H3. The minimum Gasteiger partial charge on any atom is -0.497 e. The Balaban J connectivity index is 1.46. The van der Waals surface area contributed by atoms with E-state index in [1.807, 2.05) is 47.4 Å². The van der Waals surface area contributed by atoms with Crippen LogP contribution in [0.2, 0.25) is 0 Å². The molecule has 140 valence electrons. The monoisotopic (exact) mass is 382 g/mol. The van der Waals surface area contributed by atoms with E-state index in [9.17, 15) is 4.79 Å². The van der Waals surface area contributed by atoms with Crippen molar-refractivity contribution >= 4 is 27.5 Å². The first-order valence-electron chi connectivity index (χ1n) is 9.16. The molecule has 1 aliphatic heterocycles. The number of ether oxygens (including phenoxy) is 2. The summed E-state index contributed by atoms with van der Waals surface area (Å²) in [5, 5.41) is 1.02. The van der Waals surface area contributed by atoms with Crippen molar-refractivity contribution in [2.45, 2.75) is 25.3 Å². The van der Waals surface area contributed by atoms with Crippen molar-refractivity contribution < 1.29 is 14.3 Å². The normalized spacial score (nSPS) is 17.1. The Morgan fingerprint density at radius 2 is 1.93 bits per heavy atom. The molecule has 0 bridgehead atoms. The molecule has 0 radical (unpaired) electrons. The molecule has 5 nitrogen and oxygen atoms in total. The Morgan fingerprint density at radius 1 is 1.15 bits per heavy atom. The van der Waals surface area contributed by atoms with Gasteiger partial charge in [-0.2, -0.15) is 0 Å². The maximum absolute atomic E-state index is 12.8. The number of benzene rings is 2. The van der Waals surface area contributed by atoms with Crippen LogP contribution in [0, 0.1) is 0 Å². The Labute approximate surface area is 162 Å². The summed E-state index contributed by atoms with van der Waals surface area (Å²) in [4.78, 5) is 19.6. The number of rotatable bonds is 5. The van der Waals surface area contributed by atoms with Crippen LogP contribution in [-0.2, 0) is 4.79 Å². The molecule has 2 heterocycles. The van der Waals surface area contributed by atoms with Gasteiger partial charge in [0.25, 0.3) is 5.91 Å². The molecule has 2 aromatic carbocycles. The van der Waals surface area contributed by atoms with E-state index >= 15 is 0 Å². The van der Waals surface area contributed by atoms with E-state index in [0.717, 1.165) is 42.1 Å². The first kappa shape index (κ1) is 17.8. The van der Waals surface area contributed by atoms with E-state index in [-0.39, 0.29) is 18.6 Å². The lowest BCUT2D eigenvalue weighted by Crippen LogP contribution is -2.41. The van der Waals surface area contributed by atoms with Gasteiger partial charge in [-0.1, -0.05) is 12.1 Å². The number of hydrogen-bond donors (Lipinski definition) is 0. The fourth-order valence-corrected chi connectivity index (χ4v) is 4.53. The average Bonchev–Trinajstić information content (AvgIpc) is 3.16. The van der Waals surface area contributed by atoms with Gasteiger partial charge in [0.1, 0.15) is 16.5 Å². The highest BCUT2D eigenvalue weighted by molar-refractivity contribution is 7.18. The van der Waals surface area contributed by atoms with E-state index in [1.165, 1.54) is 4.70 Å². The molecule has 1 aliphatic rings. The molecule has 1 saturated heterocycles. The van der Waals surface area contributed by atoms with E-state index < -0.39 is 0 Å². The zero-order valence-electron chi connectivity index (χ0n) is 15.3. The van der Waals surface area contributed by atoms with Crippen molar-refractivity contribution in [3.05, 3.63) is 53.5 Å². The van der Waals surface area contributed by atoms with Gasteiger partial charge in [0.15, 0.2) is 6.61 Å². The van der Waals surface area contributed by atoms with Crippen LogP contribution in [0.3, 0.4) is 0 Å². The Kier molecular flexibility index (Phi) is 5.25. The smallest absolute Gasteiger partial charge is 0.261 e. The quantitative estimate of drug-likeness (QED) is 0.655. The lowest BCUT2D eigenvalue weighted by Gasteiger charge is -2.34. The average molecular weight is 382 g/mol. The van der Waals surface area contributed by atoms with Crippen LogP contribution in [0.4, 0.5) is 0 Å². The second-order valence-corrected chi connectivity index (χ2v) is 7.64. The molecule has 0 saturated carbocycles. The molecule has 0 N–H and O–H groups in total. The number of likely N-dealkylation sites (tertiary alicyclic amines) is 1. The Morgan fingerprint density at radius 3 is 2.70 bits per heavy atom. The molecule has 0 aliphatic carbocycles. The summed E-state index contributed by atoms with van der Waals surface area (Å²) in [5.41, 5.74) is 1.00. The highest BCUT2D eigenvalue weighted by Crippen LogP contribution is 2.35. The van der Waals surface area contributed by atoms with Crippen molar-refractivity contribution in [3.8, 4) is 11.5 Å². The minimum atomic E-state index is 0.00905. The fraction of sp³-hybridized carbons (Fsp3) is 0.333. The molecule has 4 rings (SSSR count). The van der Waals surface area contributed by atoms with Crippen molar-refractivity contribution in [2.24, 2.45) is 0 Å². The lowest BCUT2D eigenvalue weighted by atomic mass is 10.0. The minimum absolute atomic E-state index is 0.00905. The highest BCUT2D eigenvalue weighted by Gasteiger charge is 2.30. The molecule has 3 aromatic rings. The lowest BCUT2D eigenvalue weighted by molar-refractivity contribution is -0.137. The van der Waals surface area contributed by atoms with Gasteiger partial charge >= 0.3 is 0 Å². The molecule has 1 amide bonds. The maximum atomic E-state index is 12.8. The first-order chi connectivity index (χ1) is 13.2. The zero-order chi connectivity index (χ0) is 18.6. The number of fused-ring (bicyclic) bond motifs is 1. The van der Waals surface area contributed by atoms with Crippen LogP contribution in [-0.4, -0.2) is 36.1 Å². The van der Waals surface area contributed by atoms with Gasteiger partial charge < -0.3 is 14.4 Å². The molecule has 1 aromatic heterocycles. The molecule has 1 unspecified atom stereocenters. The molecule has 0 spiro atoms. The van der Waals surface area contributed by atoms with E-state index in [0.29, 0.717) is 5.75 Å². The molecule has 1 atom stereocenters. The number of nitrogens with zero attached hydrogens (tertiary/aromatic N) is 2. The predicted octanol–water partition coefficient (Wildman–Crippen LogP) is 4.44. The Bertz CT molecular complexity index is 890. The van der Waals surface area contributed by atoms with Crippen LogP contribution in [0.25, 0.3) is 10.2 Å². The van der Waals surface area contributed by atoms with Gasteiger partial charge in [0.05, 0.1) is 23.4 Å². The van der Waals surface area contributed by atoms with Crippen LogP contribution in [0.5, 0.6) is 11.5 Å². The van der Waals surface area contributed by atoms with Gasteiger partial charge in [0, 0.05) is 6.54 Å². The molecular formula is C21H22N2O3S. The molecular weight excluding hydrogens is 360 g/mol. The van der Waals surface area contributed by atoms with Gasteiger partial charge in [-0.15, -0.1) is 11.3 Å². The number of hydrogen-bond acceptors (Lipinski definition) is 5. The van der Waals surface area contributed by atoms with Crippen LogP contribution < -0.4 is 9.47 Å². The molecule has 27 heavy (non-hydrogen) atoms. The number of methoxy groups -OCH3 is 1. The first-order valence-corrected chi connectivity index (χ1v) is 9.98. The number of aromatic nitrogens is 1. The number of para-hydroxylation sites is 1. The van der Waals surface area contributed by atoms with Crippen LogP contribution >= 0.6 is 11.3 Å². The highest BCUT2D eigenvalue weighted by atomic mass is 32.1. The number of piperidine rings is 1. The largest absolute Gasteiger partial charge is 0.497 e. The SMILES string of the molecule is COc1ccc(OCC(=O)N2CCCCC2c2nc3ccccc3s2)cc1. The summed E-state index contributed by atoms with van der Waals surface area (Å²) in [6, 6.07) is 15.4. The molecule has 1 fully saturated rings. The summed E-state index contributed by atoms with van der Waals surface area (Å²) < 4.78 is 12.0. The Hall–Kier alpha value is -2.60. The number of thiazole rings is 1. The predicted molar refractivity (Wildman–Crippen MR) is 106 cm³/mol. The van der Waals surface area contributed by atoms with E-state index in [4.69, 9.17) is 14.5 Å². The molecule has 6 heteroatoms. The number of amides is 1. The van der Waals surface area contributed by atoms with Crippen LogP contribution in [0.15, 0.2) is 48.5 Å². The van der Waals surface area contributed by atoms with E-state index in [2.05, 4.69) is 6.07 Å². The summed E-state index contributed by atoms with van der Waals surface area (Å²) in [6.07, 6.45) is 3.09. The van der Waals surface area contributed by atoms with Crippen molar-refractivity contribution in [1.82, 2.24) is 9.88 Å². The number of carbonyl (C=O) groups is 1. The summed E-state index contributed by atoms with van der Waals surface area (Å²) >= 11 is 1.68. The topological polar surface area (TPSA) is 51.7 Å². The van der Waals surface area contributed by atoms with Gasteiger partial charge in [-0.05, 0) is 55.7 Å². The zero-order valence-corrected chi connectivity index (χ0v) is 16.1. The third-order valence-corrected chi connectivity index (χ3v) is 5.98. The fourth-order valence-electron chi connectivity index (χ4n) is 3.42. The third kappa shape index (κ3) is 3.90.